The zero-order valence-corrected chi connectivity index (χ0v) is 10.1. The number of methoxy groups -OCH3 is 1. The van der Waals surface area contributed by atoms with Crippen molar-refractivity contribution >= 4 is 23.4 Å². The van der Waals surface area contributed by atoms with Crippen molar-refractivity contribution < 1.29 is 4.74 Å². The molecule has 0 saturated carbocycles. The third-order valence-corrected chi connectivity index (χ3v) is 3.37. The van der Waals surface area contributed by atoms with Crippen LogP contribution >= 0.6 is 23.4 Å². The Morgan fingerprint density at radius 2 is 2.12 bits per heavy atom. The first-order chi connectivity index (χ1) is 7.81. The van der Waals surface area contributed by atoms with Crippen LogP contribution < -0.4 is 4.74 Å². The third kappa shape index (κ3) is 2.46. The number of hydrogen-bond acceptors (Lipinski definition) is 4. The summed E-state index contributed by atoms with van der Waals surface area (Å²) in [6.45, 7) is 0. The summed E-state index contributed by atoms with van der Waals surface area (Å²) in [6.07, 6.45) is 3.05. The summed E-state index contributed by atoms with van der Waals surface area (Å²) in [5.74, 6) is 0.808. The number of hydrogen-bond donors (Lipinski definition) is 0. The fourth-order valence-electron chi connectivity index (χ4n) is 1.18. The van der Waals surface area contributed by atoms with Gasteiger partial charge in [-0.15, -0.1) is 0 Å². The van der Waals surface area contributed by atoms with E-state index in [1.165, 1.54) is 18.1 Å². The average Bonchev–Trinajstić information content (AvgIpc) is 2.33. The van der Waals surface area contributed by atoms with Gasteiger partial charge in [-0.3, -0.25) is 0 Å². The van der Waals surface area contributed by atoms with E-state index in [0.717, 1.165) is 15.7 Å². The molecule has 2 rings (SSSR count). The predicted molar refractivity (Wildman–Crippen MR) is 64.2 cm³/mol. The summed E-state index contributed by atoms with van der Waals surface area (Å²) >= 11 is 7.44. The predicted octanol–water partition coefficient (Wildman–Crippen LogP) is 3.29. The van der Waals surface area contributed by atoms with Gasteiger partial charge in [0.25, 0.3) is 0 Å². The Bertz CT molecular complexity index is 493. The van der Waals surface area contributed by atoms with E-state index in [1.54, 1.807) is 13.3 Å². The van der Waals surface area contributed by atoms with Crippen LogP contribution in [0.4, 0.5) is 0 Å². The Labute approximate surface area is 103 Å². The van der Waals surface area contributed by atoms with E-state index >= 15 is 0 Å². The van der Waals surface area contributed by atoms with Crippen LogP contribution in [0.15, 0.2) is 46.7 Å². The molecule has 0 bridgehead atoms. The lowest BCUT2D eigenvalue weighted by Crippen LogP contribution is -1.87. The lowest BCUT2D eigenvalue weighted by Gasteiger charge is -2.07. The molecule has 1 aromatic carbocycles. The van der Waals surface area contributed by atoms with E-state index in [4.69, 9.17) is 16.3 Å². The molecular formula is C11H9ClN2OS. The van der Waals surface area contributed by atoms with Crippen molar-refractivity contribution in [2.75, 3.05) is 7.11 Å². The van der Waals surface area contributed by atoms with Crippen molar-refractivity contribution in [3.63, 3.8) is 0 Å². The number of nitrogens with zero attached hydrogens (tertiary/aromatic N) is 2. The van der Waals surface area contributed by atoms with Crippen LogP contribution in [-0.4, -0.2) is 17.1 Å². The van der Waals surface area contributed by atoms with Gasteiger partial charge in [0.2, 0.25) is 0 Å². The molecule has 0 N–H and O–H groups in total. The Hall–Kier alpha value is -1.26. The van der Waals surface area contributed by atoms with E-state index in [2.05, 4.69) is 9.97 Å². The van der Waals surface area contributed by atoms with Gasteiger partial charge < -0.3 is 4.74 Å². The Morgan fingerprint density at radius 1 is 1.31 bits per heavy atom. The summed E-state index contributed by atoms with van der Waals surface area (Å²) in [7, 11) is 1.64. The smallest absolute Gasteiger partial charge is 0.132 e. The minimum Gasteiger partial charge on any atom is -0.496 e. The zero-order valence-electron chi connectivity index (χ0n) is 8.55. The van der Waals surface area contributed by atoms with E-state index in [0.29, 0.717) is 5.02 Å². The maximum atomic E-state index is 5.98. The molecule has 0 aliphatic carbocycles. The molecule has 1 heterocycles. The maximum absolute atomic E-state index is 5.98. The number of halogens is 1. The highest BCUT2D eigenvalue weighted by atomic mass is 35.5. The number of benzene rings is 1. The minimum atomic E-state index is 0.540. The zero-order chi connectivity index (χ0) is 11.4. The molecule has 1 aromatic heterocycles. The first-order valence-corrected chi connectivity index (χ1v) is 5.77. The summed E-state index contributed by atoms with van der Waals surface area (Å²) in [4.78, 5) is 8.93. The van der Waals surface area contributed by atoms with E-state index in [-0.39, 0.29) is 0 Å². The molecule has 0 spiro atoms. The van der Waals surface area contributed by atoms with Gasteiger partial charge in [-0.1, -0.05) is 35.5 Å². The molecule has 0 fully saturated rings. The SMILES string of the molecule is COc1ccccc1Sc1ncncc1Cl. The number of para-hydroxylation sites is 1. The summed E-state index contributed by atoms with van der Waals surface area (Å²) in [5, 5.41) is 1.26. The molecule has 3 nitrogen and oxygen atoms in total. The van der Waals surface area contributed by atoms with Gasteiger partial charge in [-0.05, 0) is 12.1 Å². The molecule has 0 aliphatic rings. The van der Waals surface area contributed by atoms with Gasteiger partial charge in [0, 0.05) is 0 Å². The molecule has 0 saturated heterocycles. The second-order valence-corrected chi connectivity index (χ2v) is 4.37. The van der Waals surface area contributed by atoms with Crippen molar-refractivity contribution in [2.45, 2.75) is 9.92 Å². The van der Waals surface area contributed by atoms with Crippen LogP contribution in [-0.2, 0) is 0 Å². The Balaban J connectivity index is 2.30. The number of aromatic nitrogens is 2. The molecule has 0 atom stereocenters. The van der Waals surface area contributed by atoms with Gasteiger partial charge >= 0.3 is 0 Å². The molecule has 0 radical (unpaired) electrons. The summed E-state index contributed by atoms with van der Waals surface area (Å²) in [5.41, 5.74) is 0. The fraction of sp³-hybridized carbons (Fsp3) is 0.0909. The maximum Gasteiger partial charge on any atom is 0.132 e. The van der Waals surface area contributed by atoms with E-state index < -0.39 is 0 Å². The van der Waals surface area contributed by atoms with Crippen molar-refractivity contribution in [3.8, 4) is 5.75 Å². The van der Waals surface area contributed by atoms with Crippen LogP contribution in [0.2, 0.25) is 5.02 Å². The average molecular weight is 253 g/mol. The fourth-order valence-corrected chi connectivity index (χ4v) is 2.26. The van der Waals surface area contributed by atoms with Crippen LogP contribution in [0.5, 0.6) is 5.75 Å². The van der Waals surface area contributed by atoms with Crippen LogP contribution in [0.3, 0.4) is 0 Å². The number of ether oxygens (including phenoxy) is 1. The molecule has 5 heteroatoms. The van der Waals surface area contributed by atoms with Gasteiger partial charge in [-0.2, -0.15) is 0 Å². The molecule has 2 aromatic rings. The second kappa shape index (κ2) is 5.18. The lowest BCUT2D eigenvalue weighted by atomic mass is 10.3. The highest BCUT2D eigenvalue weighted by molar-refractivity contribution is 7.99. The highest BCUT2D eigenvalue weighted by Gasteiger charge is 2.07. The molecule has 82 valence electrons. The molecule has 0 amide bonds. The lowest BCUT2D eigenvalue weighted by molar-refractivity contribution is 0.405. The standard InChI is InChI=1S/C11H9ClN2OS/c1-15-9-4-2-3-5-10(9)16-11-8(12)6-13-7-14-11/h2-7H,1H3. The molecule has 16 heavy (non-hydrogen) atoms. The van der Waals surface area contributed by atoms with Gasteiger partial charge in [0.05, 0.1) is 23.2 Å². The van der Waals surface area contributed by atoms with Gasteiger partial charge in [0.1, 0.15) is 17.1 Å². The van der Waals surface area contributed by atoms with E-state index in [1.807, 2.05) is 24.3 Å². The van der Waals surface area contributed by atoms with E-state index in [9.17, 15) is 0 Å². The summed E-state index contributed by atoms with van der Waals surface area (Å²) < 4.78 is 5.25. The second-order valence-electron chi connectivity index (χ2n) is 2.93. The largest absolute Gasteiger partial charge is 0.496 e. The Morgan fingerprint density at radius 3 is 2.88 bits per heavy atom. The first kappa shape index (κ1) is 11.2. The van der Waals surface area contributed by atoms with Crippen LogP contribution in [0.25, 0.3) is 0 Å². The normalized spacial score (nSPS) is 10.1. The van der Waals surface area contributed by atoms with Crippen LogP contribution in [0.1, 0.15) is 0 Å². The van der Waals surface area contributed by atoms with Gasteiger partial charge in [-0.25, -0.2) is 9.97 Å². The van der Waals surface area contributed by atoms with Gasteiger partial charge in [0.15, 0.2) is 0 Å². The topological polar surface area (TPSA) is 35.0 Å². The molecule has 0 aliphatic heterocycles. The molecule has 0 unspecified atom stereocenters. The van der Waals surface area contributed by atoms with Crippen LogP contribution in [0, 0.1) is 0 Å². The van der Waals surface area contributed by atoms with Crippen molar-refractivity contribution in [1.29, 1.82) is 0 Å². The Kier molecular flexibility index (Phi) is 3.64. The quantitative estimate of drug-likeness (QED) is 0.786. The summed E-state index contributed by atoms with van der Waals surface area (Å²) in [6, 6.07) is 7.73. The first-order valence-electron chi connectivity index (χ1n) is 4.57. The minimum absolute atomic E-state index is 0.540. The van der Waals surface area contributed by atoms with Crippen molar-refractivity contribution in [2.24, 2.45) is 0 Å². The monoisotopic (exact) mass is 252 g/mol. The number of rotatable bonds is 3. The van der Waals surface area contributed by atoms with Crippen molar-refractivity contribution in [1.82, 2.24) is 9.97 Å². The highest BCUT2D eigenvalue weighted by Crippen LogP contribution is 2.36. The molecular weight excluding hydrogens is 244 g/mol. The third-order valence-electron chi connectivity index (χ3n) is 1.91. The van der Waals surface area contributed by atoms with Crippen molar-refractivity contribution in [3.05, 3.63) is 41.8 Å².